The molecule has 0 aliphatic rings. The Hall–Kier alpha value is -0.880. The fourth-order valence-electron chi connectivity index (χ4n) is 0.983. The Morgan fingerprint density at radius 3 is 2.64 bits per heavy atom. The molecule has 0 spiro atoms. The van der Waals surface area contributed by atoms with Gasteiger partial charge in [0.05, 0.1) is 5.56 Å². The lowest BCUT2D eigenvalue weighted by atomic mass is 10.2. The van der Waals surface area contributed by atoms with Crippen molar-refractivity contribution in [2.24, 2.45) is 0 Å². The summed E-state index contributed by atoms with van der Waals surface area (Å²) in [5, 5.41) is 7.72. The molecule has 0 aliphatic carbocycles. The summed E-state index contributed by atoms with van der Waals surface area (Å²) in [4.78, 5) is 0. The van der Waals surface area contributed by atoms with Crippen LogP contribution in [0.25, 0.3) is 10.6 Å². The van der Waals surface area contributed by atoms with Crippen LogP contribution in [0.15, 0.2) is 22.1 Å². The topological polar surface area (TPSA) is 25.8 Å². The third kappa shape index (κ3) is 1.67. The zero-order chi connectivity index (χ0) is 10.1. The van der Waals surface area contributed by atoms with E-state index >= 15 is 0 Å². The van der Waals surface area contributed by atoms with E-state index in [1.54, 1.807) is 0 Å². The molecule has 0 radical (unpaired) electrons. The van der Waals surface area contributed by atoms with Gasteiger partial charge in [-0.05, 0) is 28.1 Å². The molecule has 6 heteroatoms. The van der Waals surface area contributed by atoms with Crippen LogP contribution in [0.5, 0.6) is 0 Å². The fraction of sp³-hybridized carbons (Fsp3) is 0. The Morgan fingerprint density at radius 1 is 1.21 bits per heavy atom. The molecule has 2 rings (SSSR count). The molecular formula is C8H3BrF2N2S. The van der Waals surface area contributed by atoms with E-state index in [4.69, 9.17) is 0 Å². The van der Waals surface area contributed by atoms with E-state index in [0.29, 0.717) is 8.92 Å². The highest BCUT2D eigenvalue weighted by atomic mass is 79.9. The molecule has 1 heterocycles. The van der Waals surface area contributed by atoms with Gasteiger partial charge in [0.25, 0.3) is 0 Å². The number of nitrogens with zero attached hydrogens (tertiary/aromatic N) is 2. The van der Waals surface area contributed by atoms with Crippen LogP contribution in [0.1, 0.15) is 0 Å². The fourth-order valence-corrected chi connectivity index (χ4v) is 2.11. The van der Waals surface area contributed by atoms with Crippen molar-refractivity contribution >= 4 is 27.3 Å². The average Bonchev–Trinajstić information content (AvgIpc) is 2.57. The van der Waals surface area contributed by atoms with Crippen LogP contribution in [0.2, 0.25) is 0 Å². The average molecular weight is 277 g/mol. The van der Waals surface area contributed by atoms with Crippen LogP contribution in [0, 0.1) is 11.6 Å². The Balaban J connectivity index is 2.57. The molecule has 0 aliphatic heterocycles. The van der Waals surface area contributed by atoms with Gasteiger partial charge in [0, 0.05) is 0 Å². The van der Waals surface area contributed by atoms with E-state index in [-0.39, 0.29) is 5.56 Å². The predicted octanol–water partition coefficient (Wildman–Crippen LogP) is 3.25. The van der Waals surface area contributed by atoms with Crippen molar-refractivity contribution in [2.45, 2.75) is 0 Å². The molecule has 0 N–H and O–H groups in total. The summed E-state index contributed by atoms with van der Waals surface area (Å²) < 4.78 is 26.6. The van der Waals surface area contributed by atoms with Crippen molar-refractivity contribution in [1.29, 1.82) is 0 Å². The smallest absolute Gasteiger partial charge is 0.183 e. The van der Waals surface area contributed by atoms with Crippen molar-refractivity contribution in [1.82, 2.24) is 10.2 Å². The molecule has 2 aromatic rings. The third-order valence-corrected chi connectivity index (χ3v) is 2.97. The van der Waals surface area contributed by atoms with E-state index in [9.17, 15) is 8.78 Å². The quantitative estimate of drug-likeness (QED) is 0.799. The number of benzene rings is 1. The lowest BCUT2D eigenvalue weighted by molar-refractivity contribution is 0.511. The van der Waals surface area contributed by atoms with Crippen molar-refractivity contribution in [3.8, 4) is 10.6 Å². The normalized spacial score (nSPS) is 10.5. The van der Waals surface area contributed by atoms with Gasteiger partial charge in [-0.25, -0.2) is 8.78 Å². The molecule has 2 nitrogen and oxygen atoms in total. The van der Waals surface area contributed by atoms with Gasteiger partial charge in [-0.1, -0.05) is 17.4 Å². The molecule has 0 bridgehead atoms. The summed E-state index contributed by atoms with van der Waals surface area (Å²) in [5.41, 5.74) is 0.133. The minimum atomic E-state index is -0.892. The van der Waals surface area contributed by atoms with Crippen molar-refractivity contribution in [3.05, 3.63) is 33.8 Å². The first kappa shape index (κ1) is 9.67. The first-order chi connectivity index (χ1) is 6.68. The van der Waals surface area contributed by atoms with E-state index in [1.807, 2.05) is 0 Å². The third-order valence-electron chi connectivity index (χ3n) is 1.58. The largest absolute Gasteiger partial charge is 0.204 e. The first-order valence-electron chi connectivity index (χ1n) is 3.62. The summed E-state index contributed by atoms with van der Waals surface area (Å²) in [5.74, 6) is -1.77. The maximum Gasteiger partial charge on any atom is 0.183 e. The van der Waals surface area contributed by atoms with Crippen LogP contribution in [0.4, 0.5) is 8.78 Å². The van der Waals surface area contributed by atoms with Gasteiger partial charge < -0.3 is 0 Å². The molecule has 0 atom stereocenters. The lowest BCUT2D eigenvalue weighted by Crippen LogP contribution is -1.88. The van der Waals surface area contributed by atoms with Crippen LogP contribution in [0.3, 0.4) is 0 Å². The zero-order valence-corrected chi connectivity index (χ0v) is 9.07. The number of aromatic nitrogens is 2. The molecule has 72 valence electrons. The highest BCUT2D eigenvalue weighted by molar-refractivity contribution is 9.11. The zero-order valence-electron chi connectivity index (χ0n) is 6.67. The van der Waals surface area contributed by atoms with Gasteiger partial charge >= 0.3 is 0 Å². The lowest BCUT2D eigenvalue weighted by Gasteiger charge is -1.97. The molecule has 0 amide bonds. The Bertz CT molecular complexity index is 472. The molecule has 14 heavy (non-hydrogen) atoms. The van der Waals surface area contributed by atoms with Gasteiger partial charge in [-0.15, -0.1) is 10.2 Å². The van der Waals surface area contributed by atoms with Crippen LogP contribution in [-0.4, -0.2) is 10.2 Å². The van der Waals surface area contributed by atoms with E-state index in [2.05, 4.69) is 26.1 Å². The molecule has 0 saturated carbocycles. The van der Waals surface area contributed by atoms with Gasteiger partial charge in [0.1, 0.15) is 0 Å². The van der Waals surface area contributed by atoms with Crippen LogP contribution < -0.4 is 0 Å². The summed E-state index contributed by atoms with van der Waals surface area (Å²) >= 11 is 4.25. The monoisotopic (exact) mass is 276 g/mol. The summed E-state index contributed by atoms with van der Waals surface area (Å²) in [6, 6.07) is 3.96. The van der Waals surface area contributed by atoms with Crippen molar-refractivity contribution < 1.29 is 8.78 Å². The van der Waals surface area contributed by atoms with E-state index < -0.39 is 11.6 Å². The maximum atomic E-state index is 13.2. The number of hydrogen-bond acceptors (Lipinski definition) is 3. The first-order valence-corrected chi connectivity index (χ1v) is 5.23. The number of rotatable bonds is 1. The standard InChI is InChI=1S/C8H3BrF2N2S/c9-8-13-12-7(14-8)4-2-1-3-5(10)6(4)11/h1-3H. The van der Waals surface area contributed by atoms with Crippen molar-refractivity contribution in [2.75, 3.05) is 0 Å². The van der Waals surface area contributed by atoms with Crippen LogP contribution >= 0.6 is 27.3 Å². The number of halogens is 3. The molecule has 1 aromatic heterocycles. The summed E-state index contributed by atoms with van der Waals surface area (Å²) in [6.07, 6.45) is 0. The maximum absolute atomic E-state index is 13.2. The second-order valence-electron chi connectivity index (χ2n) is 2.46. The second kappa shape index (κ2) is 3.70. The van der Waals surface area contributed by atoms with Gasteiger partial charge in [-0.2, -0.15) is 0 Å². The summed E-state index contributed by atoms with van der Waals surface area (Å²) in [7, 11) is 0. The minimum Gasteiger partial charge on any atom is -0.204 e. The summed E-state index contributed by atoms with van der Waals surface area (Å²) in [6.45, 7) is 0. The molecule has 0 unspecified atom stereocenters. The number of hydrogen-bond donors (Lipinski definition) is 0. The minimum absolute atomic E-state index is 0.133. The van der Waals surface area contributed by atoms with Crippen molar-refractivity contribution in [3.63, 3.8) is 0 Å². The SMILES string of the molecule is Fc1cccc(-c2nnc(Br)s2)c1F. The Kier molecular flexibility index (Phi) is 2.56. The van der Waals surface area contributed by atoms with Gasteiger partial charge in [0.2, 0.25) is 0 Å². The Labute approximate surface area is 90.7 Å². The Morgan fingerprint density at radius 2 is 2.00 bits per heavy atom. The molecular weight excluding hydrogens is 274 g/mol. The molecule has 0 fully saturated rings. The highest BCUT2D eigenvalue weighted by Crippen LogP contribution is 2.29. The van der Waals surface area contributed by atoms with Gasteiger partial charge in [-0.3, -0.25) is 0 Å². The predicted molar refractivity (Wildman–Crippen MR) is 53.0 cm³/mol. The molecule has 0 saturated heterocycles. The van der Waals surface area contributed by atoms with E-state index in [1.165, 1.54) is 12.1 Å². The van der Waals surface area contributed by atoms with Crippen LogP contribution in [-0.2, 0) is 0 Å². The van der Waals surface area contributed by atoms with Gasteiger partial charge in [0.15, 0.2) is 20.6 Å². The molecule has 1 aromatic carbocycles. The second-order valence-corrected chi connectivity index (χ2v) is 4.72. The van der Waals surface area contributed by atoms with E-state index in [0.717, 1.165) is 17.4 Å². The highest BCUT2D eigenvalue weighted by Gasteiger charge is 2.13.